The molecule has 0 saturated carbocycles. The molecule has 0 aliphatic carbocycles. The van der Waals surface area contributed by atoms with Crippen LogP contribution < -0.4 is 15.5 Å². The Bertz CT molecular complexity index is 825. The van der Waals surface area contributed by atoms with Gasteiger partial charge in [0.05, 0.1) is 12.0 Å². The van der Waals surface area contributed by atoms with Gasteiger partial charge in [0.2, 0.25) is 12.3 Å². The number of alkyl halides is 3. The summed E-state index contributed by atoms with van der Waals surface area (Å²) in [6.07, 6.45) is 3.18. The topological polar surface area (TPSA) is 77.6 Å². The van der Waals surface area contributed by atoms with Gasteiger partial charge in [0.1, 0.15) is 5.82 Å². The molecule has 2 aliphatic heterocycles. The summed E-state index contributed by atoms with van der Waals surface area (Å²) < 4.78 is 37.1. The molecular formula is C23H32F3N5O2. The standard InChI is InChI=1S/C11H12F3N3O.C9H11NO.C3H9N/c12-11(13,14)9-1-2-10(15-7-9)17-5-3-16(8-18)4-6-17;1-3-4-5-8-6-9(11)10-7(8)2;1-3-4-2/h1-2,7-8H,3-6H2;3-5H,1,6H2,2H3,(H,10,11);4H,3H2,1-2H3/b;5-4-;. The number of nitrogens with one attached hydrogen (secondary N) is 2. The lowest BCUT2D eigenvalue weighted by Crippen LogP contribution is -2.46. The summed E-state index contributed by atoms with van der Waals surface area (Å²) in [4.78, 5) is 28.6. The van der Waals surface area contributed by atoms with Crippen LogP contribution in [0.4, 0.5) is 19.0 Å². The fourth-order valence-corrected chi connectivity index (χ4v) is 2.80. The van der Waals surface area contributed by atoms with Crippen LogP contribution in [0.1, 0.15) is 25.8 Å². The minimum Gasteiger partial charge on any atom is -0.353 e. The van der Waals surface area contributed by atoms with E-state index in [1.807, 2.05) is 31.0 Å². The second-order valence-corrected chi connectivity index (χ2v) is 7.21. The van der Waals surface area contributed by atoms with Gasteiger partial charge in [0.25, 0.3) is 0 Å². The number of halogens is 3. The Morgan fingerprint density at radius 1 is 1.24 bits per heavy atom. The van der Waals surface area contributed by atoms with E-state index in [0.717, 1.165) is 36.5 Å². The fraction of sp³-hybridized carbons (Fsp3) is 0.435. The summed E-state index contributed by atoms with van der Waals surface area (Å²) in [5, 5.41) is 5.66. The Morgan fingerprint density at radius 3 is 2.27 bits per heavy atom. The largest absolute Gasteiger partial charge is 0.417 e. The lowest BCUT2D eigenvalue weighted by Gasteiger charge is -2.33. The summed E-state index contributed by atoms with van der Waals surface area (Å²) in [5.41, 5.74) is 1.25. The first kappa shape index (κ1) is 27.9. The smallest absolute Gasteiger partial charge is 0.353 e. The number of piperazine rings is 1. The molecule has 182 valence electrons. The van der Waals surface area contributed by atoms with E-state index in [9.17, 15) is 22.8 Å². The Labute approximate surface area is 193 Å². The first-order chi connectivity index (χ1) is 15.7. The third-order valence-electron chi connectivity index (χ3n) is 4.81. The van der Waals surface area contributed by atoms with Crippen molar-refractivity contribution in [3.63, 3.8) is 0 Å². The molecule has 0 radical (unpaired) electrons. The maximum absolute atomic E-state index is 12.4. The average Bonchev–Trinajstić information content (AvgIpc) is 3.14. The van der Waals surface area contributed by atoms with Crippen molar-refractivity contribution in [3.8, 4) is 0 Å². The summed E-state index contributed by atoms with van der Waals surface area (Å²) in [5.74, 6) is 0.583. The van der Waals surface area contributed by atoms with Gasteiger partial charge in [-0.3, -0.25) is 9.59 Å². The molecule has 1 saturated heterocycles. The highest BCUT2D eigenvalue weighted by atomic mass is 19.4. The fourth-order valence-electron chi connectivity index (χ4n) is 2.80. The van der Waals surface area contributed by atoms with Gasteiger partial charge in [-0.2, -0.15) is 13.2 Å². The zero-order valence-electron chi connectivity index (χ0n) is 19.3. The number of carbonyl (C=O) groups is 2. The normalized spacial score (nSPS) is 16.0. The number of allylic oxidation sites excluding steroid dienone is 4. The van der Waals surface area contributed by atoms with Crippen LogP contribution in [-0.2, 0) is 15.8 Å². The minimum atomic E-state index is -4.36. The van der Waals surface area contributed by atoms with Crippen molar-refractivity contribution < 1.29 is 22.8 Å². The highest BCUT2D eigenvalue weighted by Crippen LogP contribution is 2.29. The lowest BCUT2D eigenvalue weighted by molar-refractivity contribution is -0.137. The monoisotopic (exact) mass is 467 g/mol. The SMILES string of the molecule is C=C/C=C\C1=C(C)NC(=O)C1.CCNC.O=CN1CCN(c2ccc(C(F)(F)F)cn2)CC1. The molecule has 1 fully saturated rings. The van der Waals surface area contributed by atoms with Crippen LogP contribution in [0, 0.1) is 0 Å². The van der Waals surface area contributed by atoms with Crippen LogP contribution in [0.2, 0.25) is 0 Å². The van der Waals surface area contributed by atoms with Crippen LogP contribution in [0.5, 0.6) is 0 Å². The van der Waals surface area contributed by atoms with E-state index < -0.39 is 11.7 Å². The third-order valence-corrected chi connectivity index (χ3v) is 4.81. The van der Waals surface area contributed by atoms with E-state index in [4.69, 9.17) is 0 Å². The molecule has 33 heavy (non-hydrogen) atoms. The molecular weight excluding hydrogens is 435 g/mol. The highest BCUT2D eigenvalue weighted by Gasteiger charge is 2.31. The molecule has 0 unspecified atom stereocenters. The second kappa shape index (κ2) is 14.1. The van der Waals surface area contributed by atoms with Crippen molar-refractivity contribution in [3.05, 3.63) is 60.0 Å². The van der Waals surface area contributed by atoms with Crippen LogP contribution in [0.25, 0.3) is 0 Å². The Hall–Kier alpha value is -3.14. The molecule has 0 atom stereocenters. The van der Waals surface area contributed by atoms with E-state index in [1.54, 1.807) is 11.0 Å². The van der Waals surface area contributed by atoms with E-state index in [2.05, 4.69) is 29.1 Å². The molecule has 1 aromatic rings. The van der Waals surface area contributed by atoms with Gasteiger partial charge < -0.3 is 20.4 Å². The Balaban J connectivity index is 0.000000309. The van der Waals surface area contributed by atoms with Crippen LogP contribution >= 0.6 is 0 Å². The molecule has 0 aromatic carbocycles. The first-order valence-corrected chi connectivity index (χ1v) is 10.6. The minimum absolute atomic E-state index is 0.0752. The number of hydrogen-bond acceptors (Lipinski definition) is 5. The van der Waals surface area contributed by atoms with E-state index in [0.29, 0.717) is 38.4 Å². The van der Waals surface area contributed by atoms with Crippen molar-refractivity contribution in [2.45, 2.75) is 26.4 Å². The Kier molecular flexibility index (Phi) is 11.9. The number of anilines is 1. The molecule has 3 rings (SSSR count). The predicted molar refractivity (Wildman–Crippen MR) is 123 cm³/mol. The van der Waals surface area contributed by atoms with Crippen molar-refractivity contribution >= 4 is 18.1 Å². The maximum Gasteiger partial charge on any atom is 0.417 e. The van der Waals surface area contributed by atoms with Crippen molar-refractivity contribution in [2.24, 2.45) is 0 Å². The quantitative estimate of drug-likeness (QED) is 0.514. The van der Waals surface area contributed by atoms with Gasteiger partial charge in [-0.15, -0.1) is 0 Å². The highest BCUT2D eigenvalue weighted by molar-refractivity contribution is 5.84. The number of nitrogens with zero attached hydrogens (tertiary/aromatic N) is 3. The predicted octanol–water partition coefficient (Wildman–Crippen LogP) is 3.13. The summed E-state index contributed by atoms with van der Waals surface area (Å²) in [6, 6.07) is 2.38. The molecule has 10 heteroatoms. The zero-order valence-corrected chi connectivity index (χ0v) is 19.3. The number of carbonyl (C=O) groups excluding carboxylic acids is 2. The van der Waals surface area contributed by atoms with Gasteiger partial charge in [0.15, 0.2) is 0 Å². The number of rotatable bonds is 5. The molecule has 3 heterocycles. The number of hydrogen-bond donors (Lipinski definition) is 2. The van der Waals surface area contributed by atoms with E-state index in [1.165, 1.54) is 6.07 Å². The van der Waals surface area contributed by atoms with Crippen molar-refractivity contribution in [2.75, 3.05) is 44.7 Å². The van der Waals surface area contributed by atoms with Gasteiger partial charge in [0, 0.05) is 38.1 Å². The molecule has 0 bridgehead atoms. The molecule has 2 amide bonds. The van der Waals surface area contributed by atoms with Crippen molar-refractivity contribution in [1.82, 2.24) is 20.5 Å². The van der Waals surface area contributed by atoms with Crippen LogP contribution in [0.3, 0.4) is 0 Å². The third kappa shape index (κ3) is 9.90. The number of aromatic nitrogens is 1. The summed E-state index contributed by atoms with van der Waals surface area (Å²) in [6.45, 7) is 10.9. The van der Waals surface area contributed by atoms with Gasteiger partial charge in [-0.25, -0.2) is 4.98 Å². The molecule has 2 N–H and O–H groups in total. The van der Waals surface area contributed by atoms with Crippen molar-refractivity contribution in [1.29, 1.82) is 0 Å². The molecule has 0 spiro atoms. The second-order valence-electron chi connectivity index (χ2n) is 7.21. The molecule has 2 aliphatic rings. The first-order valence-electron chi connectivity index (χ1n) is 10.6. The van der Waals surface area contributed by atoms with Crippen LogP contribution in [0.15, 0.2) is 54.4 Å². The Morgan fingerprint density at radius 2 is 1.88 bits per heavy atom. The zero-order chi connectivity index (χ0) is 24.9. The maximum atomic E-state index is 12.4. The van der Waals surface area contributed by atoms with Gasteiger partial charge >= 0.3 is 6.18 Å². The summed E-state index contributed by atoms with van der Waals surface area (Å²) in [7, 11) is 1.93. The molecule has 7 nitrogen and oxygen atoms in total. The van der Waals surface area contributed by atoms with E-state index >= 15 is 0 Å². The number of pyridine rings is 1. The summed E-state index contributed by atoms with van der Waals surface area (Å²) >= 11 is 0. The van der Waals surface area contributed by atoms with Gasteiger partial charge in [-0.1, -0.05) is 31.7 Å². The number of amides is 2. The van der Waals surface area contributed by atoms with Crippen LogP contribution in [-0.4, -0.2) is 62.0 Å². The molecule has 1 aromatic heterocycles. The van der Waals surface area contributed by atoms with E-state index in [-0.39, 0.29) is 5.91 Å². The lowest BCUT2D eigenvalue weighted by atomic mass is 10.2. The van der Waals surface area contributed by atoms with Gasteiger partial charge in [-0.05, 0) is 38.2 Å². The average molecular weight is 468 g/mol.